The van der Waals surface area contributed by atoms with Gasteiger partial charge in [-0.2, -0.15) is 0 Å². The van der Waals surface area contributed by atoms with Gasteiger partial charge in [-0.1, -0.05) is 29.8 Å². The number of rotatable bonds is 3. The SMILES string of the molecule is CS(=O)(=O)c1ccc(C2=C(c3ccc(Cl)cc3)CCC2)cn1. The molecule has 22 heavy (non-hydrogen) atoms. The summed E-state index contributed by atoms with van der Waals surface area (Å²) in [7, 11) is -3.26. The highest BCUT2D eigenvalue weighted by molar-refractivity contribution is 7.90. The molecule has 0 fully saturated rings. The number of hydrogen-bond donors (Lipinski definition) is 0. The maximum absolute atomic E-state index is 11.5. The molecular formula is C17H16ClNO2S. The van der Waals surface area contributed by atoms with E-state index >= 15 is 0 Å². The summed E-state index contributed by atoms with van der Waals surface area (Å²) in [4.78, 5) is 4.09. The van der Waals surface area contributed by atoms with Gasteiger partial charge in [0.05, 0.1) is 0 Å². The number of halogens is 1. The van der Waals surface area contributed by atoms with Crippen molar-refractivity contribution >= 4 is 32.6 Å². The minimum atomic E-state index is -3.26. The lowest BCUT2D eigenvalue weighted by molar-refractivity contribution is 0.598. The Kier molecular flexibility index (Phi) is 4.06. The summed E-state index contributed by atoms with van der Waals surface area (Å²) in [5, 5.41) is 0.839. The highest BCUT2D eigenvalue weighted by atomic mass is 35.5. The quantitative estimate of drug-likeness (QED) is 0.844. The zero-order valence-electron chi connectivity index (χ0n) is 12.2. The van der Waals surface area contributed by atoms with Gasteiger partial charge in [0.15, 0.2) is 14.9 Å². The average Bonchev–Trinajstić information content (AvgIpc) is 2.97. The number of benzene rings is 1. The number of pyridine rings is 1. The van der Waals surface area contributed by atoms with Gasteiger partial charge in [-0.05, 0) is 59.7 Å². The summed E-state index contributed by atoms with van der Waals surface area (Å²) >= 11 is 5.95. The molecule has 0 saturated heterocycles. The Morgan fingerprint density at radius 1 is 0.955 bits per heavy atom. The van der Waals surface area contributed by atoms with E-state index in [1.165, 1.54) is 23.0 Å². The molecule has 0 aliphatic heterocycles. The van der Waals surface area contributed by atoms with Crippen LogP contribution in [0.5, 0.6) is 0 Å². The van der Waals surface area contributed by atoms with Crippen molar-refractivity contribution in [3.05, 3.63) is 58.7 Å². The van der Waals surface area contributed by atoms with Gasteiger partial charge in [0.25, 0.3) is 0 Å². The largest absolute Gasteiger partial charge is 0.244 e. The lowest BCUT2D eigenvalue weighted by Crippen LogP contribution is -2.00. The van der Waals surface area contributed by atoms with Gasteiger partial charge >= 0.3 is 0 Å². The summed E-state index contributed by atoms with van der Waals surface area (Å²) in [6.07, 6.45) is 5.93. The van der Waals surface area contributed by atoms with E-state index in [0.29, 0.717) is 0 Å². The molecule has 1 heterocycles. The first kappa shape index (κ1) is 15.3. The van der Waals surface area contributed by atoms with Gasteiger partial charge < -0.3 is 0 Å². The van der Waals surface area contributed by atoms with E-state index in [4.69, 9.17) is 11.6 Å². The zero-order valence-corrected chi connectivity index (χ0v) is 13.8. The van der Waals surface area contributed by atoms with Crippen LogP contribution in [0.15, 0.2) is 47.6 Å². The van der Waals surface area contributed by atoms with Crippen molar-refractivity contribution in [2.24, 2.45) is 0 Å². The van der Waals surface area contributed by atoms with E-state index in [1.54, 1.807) is 12.3 Å². The third-order valence-corrected chi connectivity index (χ3v) is 5.13. The Morgan fingerprint density at radius 2 is 1.55 bits per heavy atom. The number of nitrogens with zero attached hydrogens (tertiary/aromatic N) is 1. The van der Waals surface area contributed by atoms with Crippen molar-refractivity contribution in [3.63, 3.8) is 0 Å². The smallest absolute Gasteiger partial charge is 0.192 e. The van der Waals surface area contributed by atoms with Crippen molar-refractivity contribution < 1.29 is 8.42 Å². The first-order valence-corrected chi connectivity index (χ1v) is 9.36. The summed E-state index contributed by atoms with van der Waals surface area (Å²) in [5.41, 5.74) is 4.71. The first-order chi connectivity index (χ1) is 10.4. The van der Waals surface area contributed by atoms with Crippen molar-refractivity contribution in [2.75, 3.05) is 6.26 Å². The van der Waals surface area contributed by atoms with Gasteiger partial charge in [0, 0.05) is 17.5 Å². The van der Waals surface area contributed by atoms with Gasteiger partial charge in [-0.25, -0.2) is 13.4 Å². The fraction of sp³-hybridized carbons (Fsp3) is 0.235. The second-order valence-electron chi connectivity index (χ2n) is 5.47. The molecule has 3 nitrogen and oxygen atoms in total. The van der Waals surface area contributed by atoms with Gasteiger partial charge in [-0.15, -0.1) is 0 Å². The minimum Gasteiger partial charge on any atom is -0.244 e. The lowest BCUT2D eigenvalue weighted by Gasteiger charge is -2.09. The molecule has 3 rings (SSSR count). The summed E-state index contributed by atoms with van der Waals surface area (Å²) < 4.78 is 23.0. The topological polar surface area (TPSA) is 47.0 Å². The molecular weight excluding hydrogens is 318 g/mol. The lowest BCUT2D eigenvalue weighted by atomic mass is 9.98. The number of sulfone groups is 1. The maximum Gasteiger partial charge on any atom is 0.192 e. The second kappa shape index (κ2) is 5.86. The van der Waals surface area contributed by atoms with E-state index in [-0.39, 0.29) is 5.03 Å². The molecule has 0 amide bonds. The first-order valence-electron chi connectivity index (χ1n) is 7.09. The predicted octanol–water partition coefficient (Wildman–Crippen LogP) is 4.23. The van der Waals surface area contributed by atoms with Gasteiger partial charge in [0.1, 0.15) is 0 Å². The average molecular weight is 334 g/mol. The molecule has 5 heteroatoms. The van der Waals surface area contributed by atoms with E-state index in [9.17, 15) is 8.42 Å². The van der Waals surface area contributed by atoms with E-state index in [1.807, 2.05) is 30.3 Å². The van der Waals surface area contributed by atoms with Gasteiger partial charge in [0.2, 0.25) is 0 Å². The van der Waals surface area contributed by atoms with Gasteiger partial charge in [-0.3, -0.25) is 0 Å². The molecule has 0 spiro atoms. The molecule has 1 aliphatic carbocycles. The fourth-order valence-electron chi connectivity index (χ4n) is 2.81. The third kappa shape index (κ3) is 3.08. The molecule has 0 atom stereocenters. The van der Waals surface area contributed by atoms with E-state index in [0.717, 1.165) is 29.8 Å². The molecule has 2 aromatic rings. The maximum atomic E-state index is 11.5. The summed E-state index contributed by atoms with van der Waals surface area (Å²) in [5.74, 6) is 0. The van der Waals surface area contributed by atoms with Crippen LogP contribution in [0.2, 0.25) is 5.02 Å². The Bertz CT molecular complexity index is 822. The molecule has 0 saturated carbocycles. The van der Waals surface area contributed by atoms with Crippen LogP contribution in [-0.2, 0) is 9.84 Å². The number of allylic oxidation sites excluding steroid dienone is 2. The Balaban J connectivity index is 2.01. The van der Waals surface area contributed by atoms with Crippen LogP contribution in [0, 0.1) is 0 Å². The molecule has 1 aromatic heterocycles. The van der Waals surface area contributed by atoms with Crippen LogP contribution in [0.4, 0.5) is 0 Å². The van der Waals surface area contributed by atoms with Crippen LogP contribution in [0.3, 0.4) is 0 Å². The fourth-order valence-corrected chi connectivity index (χ4v) is 3.50. The summed E-state index contributed by atoms with van der Waals surface area (Å²) in [6.45, 7) is 0. The second-order valence-corrected chi connectivity index (χ2v) is 7.87. The number of aromatic nitrogens is 1. The van der Waals surface area contributed by atoms with Crippen molar-refractivity contribution in [1.82, 2.24) is 4.98 Å². The summed E-state index contributed by atoms with van der Waals surface area (Å²) in [6, 6.07) is 11.3. The van der Waals surface area contributed by atoms with Crippen LogP contribution in [-0.4, -0.2) is 19.7 Å². The molecule has 0 bridgehead atoms. The Labute approximate surface area is 135 Å². The van der Waals surface area contributed by atoms with Crippen LogP contribution < -0.4 is 0 Å². The van der Waals surface area contributed by atoms with Crippen LogP contribution in [0.25, 0.3) is 11.1 Å². The Hall–Kier alpha value is -1.65. The number of hydrogen-bond acceptors (Lipinski definition) is 3. The molecule has 114 valence electrons. The third-order valence-electron chi connectivity index (χ3n) is 3.88. The molecule has 1 aliphatic rings. The minimum absolute atomic E-state index is 0.114. The molecule has 0 unspecified atom stereocenters. The standard InChI is InChI=1S/C17H16ClNO2S/c1-22(20,21)17-10-7-13(11-19-17)16-4-2-3-15(16)12-5-8-14(18)9-6-12/h5-11H,2-4H2,1H3. The highest BCUT2D eigenvalue weighted by Crippen LogP contribution is 2.39. The van der Waals surface area contributed by atoms with Crippen molar-refractivity contribution in [2.45, 2.75) is 24.3 Å². The van der Waals surface area contributed by atoms with Crippen molar-refractivity contribution in [3.8, 4) is 0 Å². The molecule has 0 radical (unpaired) electrons. The van der Waals surface area contributed by atoms with Crippen molar-refractivity contribution in [1.29, 1.82) is 0 Å². The predicted molar refractivity (Wildman–Crippen MR) is 89.5 cm³/mol. The monoisotopic (exact) mass is 333 g/mol. The Morgan fingerprint density at radius 3 is 2.09 bits per heavy atom. The molecule has 1 aromatic carbocycles. The normalized spacial score (nSPS) is 15.4. The van der Waals surface area contributed by atoms with E-state index < -0.39 is 9.84 Å². The highest BCUT2D eigenvalue weighted by Gasteiger charge is 2.18. The van der Waals surface area contributed by atoms with E-state index in [2.05, 4.69) is 4.98 Å². The van der Waals surface area contributed by atoms with Crippen LogP contribution in [0.1, 0.15) is 30.4 Å². The van der Waals surface area contributed by atoms with Crippen LogP contribution >= 0.6 is 11.6 Å². The molecule has 0 N–H and O–H groups in total. The zero-order chi connectivity index (χ0) is 15.7.